The van der Waals surface area contributed by atoms with Crippen molar-refractivity contribution in [3.8, 4) is 0 Å². The summed E-state index contributed by atoms with van der Waals surface area (Å²) in [7, 11) is 0. The normalized spacial score (nSPS) is 19.5. The molecule has 1 rings (SSSR count). The quantitative estimate of drug-likeness (QED) is 0.672. The number of nitrogens with one attached hydrogen (secondary N) is 1. The Labute approximate surface area is 127 Å². The van der Waals surface area contributed by atoms with Gasteiger partial charge in [-0.3, -0.25) is 4.90 Å². The van der Waals surface area contributed by atoms with Crippen molar-refractivity contribution in [2.75, 3.05) is 19.6 Å². The summed E-state index contributed by atoms with van der Waals surface area (Å²) < 4.78 is 0. The Balaban J connectivity index is 2.71. The third kappa shape index (κ3) is 5.04. The molecule has 1 N–H and O–H groups in total. The van der Waals surface area contributed by atoms with Crippen molar-refractivity contribution < 1.29 is 0 Å². The predicted molar refractivity (Wildman–Crippen MR) is 90.3 cm³/mol. The van der Waals surface area contributed by atoms with Gasteiger partial charge in [0, 0.05) is 11.6 Å². The van der Waals surface area contributed by atoms with E-state index >= 15 is 0 Å². The lowest BCUT2D eigenvalue weighted by Crippen LogP contribution is -2.59. The van der Waals surface area contributed by atoms with Crippen molar-refractivity contribution in [3.05, 3.63) is 0 Å². The summed E-state index contributed by atoms with van der Waals surface area (Å²) in [5.41, 5.74) is 0.290. The van der Waals surface area contributed by atoms with Crippen LogP contribution in [0.4, 0.5) is 0 Å². The van der Waals surface area contributed by atoms with Crippen molar-refractivity contribution in [1.29, 1.82) is 0 Å². The zero-order valence-corrected chi connectivity index (χ0v) is 14.7. The van der Waals surface area contributed by atoms with E-state index in [2.05, 4.69) is 44.8 Å². The third-order valence-electron chi connectivity index (χ3n) is 5.39. The van der Waals surface area contributed by atoms with E-state index in [0.29, 0.717) is 6.04 Å². The van der Waals surface area contributed by atoms with Crippen molar-refractivity contribution in [2.45, 2.75) is 91.1 Å². The lowest BCUT2D eigenvalue weighted by atomic mass is 9.82. The molecule has 0 bridgehead atoms. The Kier molecular flexibility index (Phi) is 8.13. The lowest BCUT2D eigenvalue weighted by molar-refractivity contribution is 0.0519. The molecular weight excluding hydrogens is 244 g/mol. The van der Waals surface area contributed by atoms with Crippen molar-refractivity contribution in [2.24, 2.45) is 5.92 Å². The fraction of sp³-hybridized carbons (Fsp3) is 1.00. The van der Waals surface area contributed by atoms with Gasteiger partial charge in [0.25, 0.3) is 0 Å². The van der Waals surface area contributed by atoms with E-state index in [-0.39, 0.29) is 5.54 Å². The zero-order chi connectivity index (χ0) is 15.0. The van der Waals surface area contributed by atoms with Gasteiger partial charge in [0.2, 0.25) is 0 Å². The highest BCUT2D eigenvalue weighted by Crippen LogP contribution is 2.29. The van der Waals surface area contributed by atoms with Gasteiger partial charge in [-0.05, 0) is 65.1 Å². The van der Waals surface area contributed by atoms with E-state index in [0.717, 1.165) is 12.5 Å². The van der Waals surface area contributed by atoms with Gasteiger partial charge in [-0.1, -0.05) is 40.0 Å². The monoisotopic (exact) mass is 282 g/mol. The summed E-state index contributed by atoms with van der Waals surface area (Å²) in [6.07, 6.45) is 9.38. The molecule has 0 aromatic carbocycles. The zero-order valence-electron chi connectivity index (χ0n) is 14.7. The summed E-state index contributed by atoms with van der Waals surface area (Å²) in [4.78, 5) is 2.74. The number of hydrogen-bond acceptors (Lipinski definition) is 2. The SMILES string of the molecule is CCCNC(CC(CC)CC)C(C)(C)N1CCCCC1. The van der Waals surface area contributed by atoms with Gasteiger partial charge < -0.3 is 5.32 Å². The van der Waals surface area contributed by atoms with Crippen LogP contribution in [-0.4, -0.2) is 36.1 Å². The molecular formula is C18H38N2. The number of nitrogens with zero attached hydrogens (tertiary/aromatic N) is 1. The van der Waals surface area contributed by atoms with E-state index in [1.54, 1.807) is 0 Å². The van der Waals surface area contributed by atoms with Crippen LogP contribution in [0.25, 0.3) is 0 Å². The molecule has 0 aliphatic carbocycles. The van der Waals surface area contributed by atoms with Crippen LogP contribution in [0.15, 0.2) is 0 Å². The van der Waals surface area contributed by atoms with Crippen LogP contribution in [0.3, 0.4) is 0 Å². The van der Waals surface area contributed by atoms with Crippen LogP contribution in [0.1, 0.15) is 79.6 Å². The highest BCUT2D eigenvalue weighted by Gasteiger charge is 2.36. The van der Waals surface area contributed by atoms with Crippen LogP contribution >= 0.6 is 0 Å². The topological polar surface area (TPSA) is 15.3 Å². The standard InChI is InChI=1S/C18H38N2/c1-6-12-19-17(15-16(7-2)8-3)18(4,5)20-13-10-9-11-14-20/h16-17,19H,6-15H2,1-5H3. The first-order valence-corrected chi connectivity index (χ1v) is 9.04. The van der Waals surface area contributed by atoms with Crippen molar-refractivity contribution >= 4 is 0 Å². The minimum Gasteiger partial charge on any atom is -0.312 e. The number of likely N-dealkylation sites (tertiary alicyclic amines) is 1. The Morgan fingerprint density at radius 2 is 1.60 bits per heavy atom. The molecule has 1 heterocycles. The molecule has 1 unspecified atom stereocenters. The fourth-order valence-electron chi connectivity index (χ4n) is 3.59. The van der Waals surface area contributed by atoms with E-state index in [1.807, 2.05) is 0 Å². The third-order valence-corrected chi connectivity index (χ3v) is 5.39. The number of rotatable bonds is 9. The molecule has 1 saturated heterocycles. The molecule has 1 fully saturated rings. The van der Waals surface area contributed by atoms with Gasteiger partial charge in [-0.15, -0.1) is 0 Å². The van der Waals surface area contributed by atoms with E-state index < -0.39 is 0 Å². The second kappa shape index (κ2) is 9.04. The molecule has 2 heteroatoms. The van der Waals surface area contributed by atoms with Crippen LogP contribution in [-0.2, 0) is 0 Å². The molecule has 0 radical (unpaired) electrons. The summed E-state index contributed by atoms with van der Waals surface area (Å²) in [6.45, 7) is 15.6. The molecule has 0 saturated carbocycles. The Morgan fingerprint density at radius 1 is 1.00 bits per heavy atom. The average molecular weight is 283 g/mol. The second-order valence-corrected chi connectivity index (χ2v) is 7.13. The predicted octanol–water partition coefficient (Wildman–Crippen LogP) is 4.45. The molecule has 1 aliphatic rings. The summed E-state index contributed by atoms with van der Waals surface area (Å²) in [5.74, 6) is 0.869. The van der Waals surface area contributed by atoms with E-state index in [4.69, 9.17) is 0 Å². The van der Waals surface area contributed by atoms with Gasteiger partial charge in [0.1, 0.15) is 0 Å². The Morgan fingerprint density at radius 3 is 2.10 bits per heavy atom. The molecule has 1 aliphatic heterocycles. The minimum atomic E-state index is 0.290. The molecule has 0 aromatic rings. The largest absolute Gasteiger partial charge is 0.312 e. The summed E-state index contributed by atoms with van der Waals surface area (Å²) in [5, 5.41) is 3.86. The van der Waals surface area contributed by atoms with Gasteiger partial charge in [-0.25, -0.2) is 0 Å². The highest BCUT2D eigenvalue weighted by atomic mass is 15.2. The first-order valence-electron chi connectivity index (χ1n) is 9.04. The van der Waals surface area contributed by atoms with Gasteiger partial charge in [-0.2, -0.15) is 0 Å². The minimum absolute atomic E-state index is 0.290. The molecule has 1 atom stereocenters. The lowest BCUT2D eigenvalue weighted by Gasteiger charge is -2.47. The van der Waals surface area contributed by atoms with Crippen LogP contribution in [0.5, 0.6) is 0 Å². The maximum absolute atomic E-state index is 3.86. The highest BCUT2D eigenvalue weighted by molar-refractivity contribution is 4.95. The summed E-state index contributed by atoms with van der Waals surface area (Å²) in [6, 6.07) is 0.630. The number of piperidine rings is 1. The molecule has 2 nitrogen and oxygen atoms in total. The average Bonchev–Trinajstić information content (AvgIpc) is 2.48. The van der Waals surface area contributed by atoms with Crippen molar-refractivity contribution in [1.82, 2.24) is 10.2 Å². The van der Waals surface area contributed by atoms with Gasteiger partial charge >= 0.3 is 0 Å². The maximum Gasteiger partial charge on any atom is 0.0306 e. The molecule has 0 amide bonds. The van der Waals surface area contributed by atoms with Crippen LogP contribution < -0.4 is 5.32 Å². The van der Waals surface area contributed by atoms with Gasteiger partial charge in [0.15, 0.2) is 0 Å². The molecule has 0 spiro atoms. The smallest absolute Gasteiger partial charge is 0.0306 e. The fourth-order valence-corrected chi connectivity index (χ4v) is 3.59. The molecule has 0 aromatic heterocycles. The number of hydrogen-bond donors (Lipinski definition) is 1. The maximum atomic E-state index is 3.86. The van der Waals surface area contributed by atoms with Crippen LogP contribution in [0, 0.1) is 5.92 Å². The van der Waals surface area contributed by atoms with E-state index in [1.165, 1.54) is 58.0 Å². The van der Waals surface area contributed by atoms with Crippen LogP contribution in [0.2, 0.25) is 0 Å². The first-order chi connectivity index (χ1) is 9.56. The molecule has 120 valence electrons. The Hall–Kier alpha value is -0.0800. The Bertz CT molecular complexity index is 240. The summed E-state index contributed by atoms with van der Waals surface area (Å²) >= 11 is 0. The second-order valence-electron chi connectivity index (χ2n) is 7.13. The van der Waals surface area contributed by atoms with Crippen molar-refractivity contribution in [3.63, 3.8) is 0 Å². The van der Waals surface area contributed by atoms with E-state index in [9.17, 15) is 0 Å². The van der Waals surface area contributed by atoms with Gasteiger partial charge in [0.05, 0.1) is 0 Å². The first kappa shape index (κ1) is 18.0. The molecule has 20 heavy (non-hydrogen) atoms.